The Bertz CT molecular complexity index is 2650. The average molecular weight is 835 g/mol. The number of fused-ring (bicyclic) bond motifs is 1. The molecule has 0 N–H and O–H groups in total. The van der Waals surface area contributed by atoms with Crippen LogP contribution in [0, 0.1) is 0 Å². The molecule has 1 aromatic heterocycles. The van der Waals surface area contributed by atoms with Crippen LogP contribution in [-0.2, 0) is 0 Å². The smallest absolute Gasteiger partial charge is 0.130 e. The maximum atomic E-state index is 7.02. The minimum Gasteiger partial charge on any atom is -0.457 e. The first-order valence-electron chi connectivity index (χ1n) is 23.2. The number of hydrogen-bond acceptors (Lipinski definition) is 4. The molecule has 0 radical (unpaired) electrons. The molecule has 0 atom stereocenters. The summed E-state index contributed by atoms with van der Waals surface area (Å²) in [4.78, 5) is 5.02. The maximum Gasteiger partial charge on any atom is 0.130 e. The van der Waals surface area contributed by atoms with E-state index in [1.807, 2.05) is 10.9 Å². The standard InChI is InChI=1S/C58H66N4O/c1-36(2)48-21-16-22-49(37(3)4)56(48)42-29-45(60-35-61(55-28-14-13-27-54(55)60)58-52(40(9)10)25-18-26-53(58)41(11)12)32-47(30-42)63-46-20-15-19-44(31-46)62-34-43(33-59-62)57-50(38(5)6)23-17-24-51(57)39(7)8/h13-34,36-41H,35H2,1-12H3. The van der Waals surface area contributed by atoms with Crippen molar-refractivity contribution in [2.24, 2.45) is 0 Å². The fourth-order valence-corrected chi connectivity index (χ4v) is 9.58. The van der Waals surface area contributed by atoms with Crippen LogP contribution in [0.25, 0.3) is 27.9 Å². The second kappa shape index (κ2) is 18.0. The number of hydrogen-bond donors (Lipinski definition) is 0. The minimum absolute atomic E-state index is 0.344. The van der Waals surface area contributed by atoms with E-state index in [4.69, 9.17) is 9.84 Å². The van der Waals surface area contributed by atoms with Crippen LogP contribution >= 0.6 is 0 Å². The molecule has 2 heterocycles. The lowest BCUT2D eigenvalue weighted by Gasteiger charge is -2.29. The van der Waals surface area contributed by atoms with E-state index in [1.54, 1.807) is 0 Å². The Morgan fingerprint density at radius 2 is 0.889 bits per heavy atom. The molecule has 324 valence electrons. The van der Waals surface area contributed by atoms with Gasteiger partial charge in [0.05, 0.1) is 23.3 Å². The molecule has 0 unspecified atom stereocenters. The van der Waals surface area contributed by atoms with Crippen LogP contribution in [0.15, 0.2) is 134 Å². The van der Waals surface area contributed by atoms with E-state index < -0.39 is 0 Å². The number of nitrogens with zero attached hydrogens (tertiary/aromatic N) is 4. The van der Waals surface area contributed by atoms with Crippen LogP contribution in [0.3, 0.4) is 0 Å². The highest BCUT2D eigenvalue weighted by molar-refractivity contribution is 5.90. The fourth-order valence-electron chi connectivity index (χ4n) is 9.58. The topological polar surface area (TPSA) is 33.5 Å². The monoisotopic (exact) mass is 835 g/mol. The maximum absolute atomic E-state index is 7.02. The molecule has 7 aromatic rings. The lowest BCUT2D eigenvalue weighted by atomic mass is 9.85. The molecule has 0 spiro atoms. The fraction of sp³-hybridized carbons (Fsp3) is 0.328. The summed E-state index contributed by atoms with van der Waals surface area (Å²) in [5.74, 6) is 3.79. The van der Waals surface area contributed by atoms with Crippen molar-refractivity contribution >= 4 is 22.7 Å². The zero-order chi connectivity index (χ0) is 44.7. The van der Waals surface area contributed by atoms with Gasteiger partial charge in [-0.2, -0.15) is 5.10 Å². The third-order valence-corrected chi connectivity index (χ3v) is 12.8. The van der Waals surface area contributed by atoms with Crippen molar-refractivity contribution in [3.63, 3.8) is 0 Å². The van der Waals surface area contributed by atoms with Crippen molar-refractivity contribution in [2.45, 2.75) is 119 Å². The van der Waals surface area contributed by atoms with E-state index in [2.05, 4.69) is 220 Å². The summed E-state index contributed by atoms with van der Waals surface area (Å²) < 4.78 is 9.00. The van der Waals surface area contributed by atoms with Gasteiger partial charge in [0.25, 0.3) is 0 Å². The molecule has 5 nitrogen and oxygen atoms in total. The molecular formula is C58H66N4O. The molecule has 5 heteroatoms. The minimum atomic E-state index is 0.344. The number of ether oxygens (including phenoxy) is 1. The number of rotatable bonds is 13. The Hall–Kier alpha value is -6.07. The van der Waals surface area contributed by atoms with Crippen molar-refractivity contribution in [2.75, 3.05) is 16.5 Å². The van der Waals surface area contributed by atoms with Crippen molar-refractivity contribution in [3.05, 3.63) is 167 Å². The highest BCUT2D eigenvalue weighted by Gasteiger charge is 2.32. The van der Waals surface area contributed by atoms with Crippen LogP contribution in [0.1, 0.15) is 152 Å². The normalized spacial score (nSPS) is 12.9. The Morgan fingerprint density at radius 1 is 0.429 bits per heavy atom. The van der Waals surface area contributed by atoms with E-state index in [-0.39, 0.29) is 0 Å². The summed E-state index contributed by atoms with van der Waals surface area (Å²) in [6, 6.07) is 44.4. The zero-order valence-corrected chi connectivity index (χ0v) is 39.6. The predicted octanol–water partition coefficient (Wildman–Crippen LogP) is 17.0. The summed E-state index contributed by atoms with van der Waals surface area (Å²) >= 11 is 0. The van der Waals surface area contributed by atoms with E-state index in [0.717, 1.165) is 34.0 Å². The van der Waals surface area contributed by atoms with Crippen molar-refractivity contribution in [1.82, 2.24) is 9.78 Å². The predicted molar refractivity (Wildman–Crippen MR) is 268 cm³/mol. The quantitative estimate of drug-likeness (QED) is 0.116. The Kier molecular flexibility index (Phi) is 12.4. The van der Waals surface area contributed by atoms with Gasteiger partial charge < -0.3 is 14.5 Å². The van der Waals surface area contributed by atoms with Gasteiger partial charge in [0, 0.05) is 35.3 Å². The summed E-state index contributed by atoms with van der Waals surface area (Å²) in [5, 5.41) is 4.92. The van der Waals surface area contributed by atoms with Crippen molar-refractivity contribution in [3.8, 4) is 39.4 Å². The van der Waals surface area contributed by atoms with Gasteiger partial charge in [-0.25, -0.2) is 4.68 Å². The van der Waals surface area contributed by atoms with Gasteiger partial charge in [0.1, 0.15) is 18.2 Å². The number of anilines is 4. The van der Waals surface area contributed by atoms with Gasteiger partial charge in [-0.3, -0.25) is 0 Å². The lowest BCUT2D eigenvalue weighted by molar-refractivity contribution is 0.482. The van der Waals surface area contributed by atoms with Gasteiger partial charge in [-0.15, -0.1) is 0 Å². The molecule has 0 amide bonds. The molecule has 8 rings (SSSR count). The molecule has 63 heavy (non-hydrogen) atoms. The zero-order valence-electron chi connectivity index (χ0n) is 39.6. The molecule has 0 bridgehead atoms. The number of benzene rings is 6. The van der Waals surface area contributed by atoms with Crippen molar-refractivity contribution in [1.29, 1.82) is 0 Å². The molecule has 1 aliphatic rings. The van der Waals surface area contributed by atoms with E-state index in [9.17, 15) is 0 Å². The second-order valence-corrected chi connectivity index (χ2v) is 19.3. The number of para-hydroxylation sites is 3. The van der Waals surface area contributed by atoms with Gasteiger partial charge in [-0.1, -0.05) is 156 Å². The first-order valence-corrected chi connectivity index (χ1v) is 23.2. The van der Waals surface area contributed by atoms with Gasteiger partial charge in [0.2, 0.25) is 0 Å². The van der Waals surface area contributed by atoms with Crippen LogP contribution in [0.4, 0.5) is 22.7 Å². The summed E-state index contributed by atoms with van der Waals surface area (Å²) in [5.41, 5.74) is 18.8. The third kappa shape index (κ3) is 8.55. The number of aromatic nitrogens is 2. The first kappa shape index (κ1) is 43.6. The summed E-state index contributed by atoms with van der Waals surface area (Å²) in [7, 11) is 0. The SMILES string of the molecule is CC(C)c1cccc(C(C)C)c1-c1cc(Oc2cccc(-n3cc(-c4c(C(C)C)cccc4C(C)C)cn3)c2)cc(N2CN(c3c(C(C)C)cccc3C(C)C)c3ccccc32)c1. The van der Waals surface area contributed by atoms with Crippen molar-refractivity contribution < 1.29 is 4.74 Å². The first-order chi connectivity index (χ1) is 30.2. The third-order valence-electron chi connectivity index (χ3n) is 12.8. The van der Waals surface area contributed by atoms with Crippen LogP contribution in [-0.4, -0.2) is 16.4 Å². The van der Waals surface area contributed by atoms with E-state index in [0.29, 0.717) is 42.2 Å². The Labute approximate surface area is 377 Å². The molecule has 0 saturated heterocycles. The van der Waals surface area contributed by atoms with Crippen LogP contribution < -0.4 is 14.5 Å². The molecule has 6 aromatic carbocycles. The van der Waals surface area contributed by atoms with Gasteiger partial charge in [-0.05, 0) is 122 Å². The second-order valence-electron chi connectivity index (χ2n) is 19.3. The highest BCUT2D eigenvalue weighted by atomic mass is 16.5. The Morgan fingerprint density at radius 3 is 1.41 bits per heavy atom. The summed E-state index contributed by atoms with van der Waals surface area (Å²) in [6.45, 7) is 28.2. The van der Waals surface area contributed by atoms with Gasteiger partial charge >= 0.3 is 0 Å². The van der Waals surface area contributed by atoms with Crippen LogP contribution in [0.2, 0.25) is 0 Å². The molecule has 0 saturated carbocycles. The average Bonchev–Trinajstić information content (AvgIpc) is 3.91. The van der Waals surface area contributed by atoms with Crippen LogP contribution in [0.5, 0.6) is 11.5 Å². The molecule has 1 aliphatic heterocycles. The van der Waals surface area contributed by atoms with Gasteiger partial charge in [0.15, 0.2) is 0 Å². The largest absolute Gasteiger partial charge is 0.457 e. The molecular weight excluding hydrogens is 769 g/mol. The molecule has 0 aliphatic carbocycles. The van der Waals surface area contributed by atoms with E-state index >= 15 is 0 Å². The van der Waals surface area contributed by atoms with E-state index in [1.165, 1.54) is 61.6 Å². The lowest BCUT2D eigenvalue weighted by Crippen LogP contribution is -2.26. The summed E-state index contributed by atoms with van der Waals surface area (Å²) in [6.07, 6.45) is 4.18. The highest BCUT2D eigenvalue weighted by Crippen LogP contribution is 2.50. The molecule has 0 fully saturated rings. The Balaban J connectivity index is 1.24.